The third kappa shape index (κ3) is 3.13. The van der Waals surface area contributed by atoms with Gasteiger partial charge in [0.15, 0.2) is 0 Å². The van der Waals surface area contributed by atoms with Crippen molar-refractivity contribution in [3.05, 3.63) is 42.0 Å². The van der Waals surface area contributed by atoms with Crippen LogP contribution >= 0.6 is 0 Å². The van der Waals surface area contributed by atoms with Crippen molar-refractivity contribution in [1.82, 2.24) is 0 Å². The summed E-state index contributed by atoms with van der Waals surface area (Å²) in [4.78, 5) is 0. The quantitative estimate of drug-likeness (QED) is 0.721. The summed E-state index contributed by atoms with van der Waals surface area (Å²) in [6.07, 6.45) is 4.26. The molecule has 0 aromatic heterocycles. The number of hydrogen-bond acceptors (Lipinski definition) is 2. The summed E-state index contributed by atoms with van der Waals surface area (Å²) in [5.74, 6) is -0.532. The van der Waals surface area contributed by atoms with Crippen LogP contribution in [0.4, 0.5) is 0 Å². The summed E-state index contributed by atoms with van der Waals surface area (Å²) in [7, 11) is 0. The highest BCUT2D eigenvalue weighted by Crippen LogP contribution is 2.05. The Morgan fingerprint density at radius 1 is 1.14 bits per heavy atom. The average Bonchev–Trinajstić information content (AvgIpc) is 2.26. The Bertz CT molecular complexity index is 365. The molecular formula is C12H10N2. The SMILES string of the molecule is N#CC(C#N)CC=Cc1ccccc1. The van der Waals surface area contributed by atoms with E-state index < -0.39 is 5.92 Å². The minimum atomic E-state index is -0.532. The molecule has 0 aliphatic heterocycles. The third-order valence-electron chi connectivity index (χ3n) is 1.79. The van der Waals surface area contributed by atoms with Crippen LogP contribution in [-0.4, -0.2) is 0 Å². The molecule has 1 rings (SSSR count). The molecule has 1 aromatic rings. The summed E-state index contributed by atoms with van der Waals surface area (Å²) in [5.41, 5.74) is 1.09. The highest BCUT2D eigenvalue weighted by atomic mass is 14.3. The van der Waals surface area contributed by atoms with Gasteiger partial charge in [-0.15, -0.1) is 0 Å². The summed E-state index contributed by atoms with van der Waals surface area (Å²) in [5, 5.41) is 17.0. The van der Waals surface area contributed by atoms with Gasteiger partial charge in [0.2, 0.25) is 0 Å². The Morgan fingerprint density at radius 2 is 1.79 bits per heavy atom. The molecule has 0 saturated heterocycles. The summed E-state index contributed by atoms with van der Waals surface area (Å²) < 4.78 is 0. The molecule has 0 atom stereocenters. The van der Waals surface area contributed by atoms with E-state index in [-0.39, 0.29) is 0 Å². The lowest BCUT2D eigenvalue weighted by atomic mass is 10.1. The van der Waals surface area contributed by atoms with Crippen LogP contribution in [0.25, 0.3) is 6.08 Å². The Kier molecular flexibility index (Phi) is 3.98. The maximum absolute atomic E-state index is 8.52. The molecule has 0 heterocycles. The van der Waals surface area contributed by atoms with Crippen LogP contribution in [0.2, 0.25) is 0 Å². The molecule has 0 saturated carbocycles. The summed E-state index contributed by atoms with van der Waals surface area (Å²) in [6.45, 7) is 0. The second-order valence-electron chi connectivity index (χ2n) is 2.86. The zero-order valence-electron chi connectivity index (χ0n) is 7.72. The maximum Gasteiger partial charge on any atom is 0.136 e. The molecule has 0 N–H and O–H groups in total. The first-order chi connectivity index (χ1) is 6.86. The predicted octanol–water partition coefficient (Wildman–Crippen LogP) is 2.75. The molecule has 2 nitrogen and oxygen atoms in total. The first-order valence-electron chi connectivity index (χ1n) is 4.37. The average molecular weight is 182 g/mol. The Morgan fingerprint density at radius 3 is 2.36 bits per heavy atom. The van der Waals surface area contributed by atoms with Crippen LogP contribution in [0.5, 0.6) is 0 Å². The third-order valence-corrected chi connectivity index (χ3v) is 1.79. The number of allylic oxidation sites excluding steroid dienone is 1. The molecule has 0 radical (unpaired) electrons. The lowest BCUT2D eigenvalue weighted by Gasteiger charge is -1.92. The van der Waals surface area contributed by atoms with E-state index in [1.165, 1.54) is 0 Å². The maximum atomic E-state index is 8.52. The van der Waals surface area contributed by atoms with E-state index in [2.05, 4.69) is 0 Å². The number of hydrogen-bond donors (Lipinski definition) is 0. The van der Waals surface area contributed by atoms with Crippen LogP contribution in [0.1, 0.15) is 12.0 Å². The summed E-state index contributed by atoms with van der Waals surface area (Å²) in [6, 6.07) is 13.7. The van der Waals surface area contributed by atoms with E-state index in [0.29, 0.717) is 6.42 Å². The van der Waals surface area contributed by atoms with Crippen LogP contribution in [-0.2, 0) is 0 Å². The van der Waals surface area contributed by atoms with Crippen LogP contribution in [0.3, 0.4) is 0 Å². The van der Waals surface area contributed by atoms with E-state index in [4.69, 9.17) is 10.5 Å². The van der Waals surface area contributed by atoms with Crippen LogP contribution in [0, 0.1) is 28.6 Å². The van der Waals surface area contributed by atoms with Gasteiger partial charge in [0, 0.05) is 0 Å². The Hall–Kier alpha value is -2.06. The molecule has 2 heteroatoms. The molecular weight excluding hydrogens is 172 g/mol. The fourth-order valence-electron chi connectivity index (χ4n) is 1.04. The number of nitriles is 2. The van der Waals surface area contributed by atoms with Crippen LogP contribution < -0.4 is 0 Å². The zero-order valence-corrected chi connectivity index (χ0v) is 7.72. The Labute approximate surface area is 83.7 Å². The lowest BCUT2D eigenvalue weighted by Crippen LogP contribution is -1.88. The lowest BCUT2D eigenvalue weighted by molar-refractivity contribution is 0.865. The zero-order chi connectivity index (χ0) is 10.2. The standard InChI is InChI=1S/C12H10N2/c13-9-12(10-14)8-4-7-11-5-2-1-3-6-11/h1-7,12H,8H2. The summed E-state index contributed by atoms with van der Waals surface area (Å²) >= 11 is 0. The monoisotopic (exact) mass is 182 g/mol. The van der Waals surface area contributed by atoms with Crippen molar-refractivity contribution >= 4 is 6.08 Å². The van der Waals surface area contributed by atoms with Crippen molar-refractivity contribution in [3.8, 4) is 12.1 Å². The molecule has 0 amide bonds. The van der Waals surface area contributed by atoms with E-state index in [0.717, 1.165) is 5.56 Å². The van der Waals surface area contributed by atoms with Gasteiger partial charge >= 0.3 is 0 Å². The molecule has 68 valence electrons. The van der Waals surface area contributed by atoms with Crippen molar-refractivity contribution in [2.45, 2.75) is 6.42 Å². The first-order valence-corrected chi connectivity index (χ1v) is 4.37. The highest BCUT2D eigenvalue weighted by molar-refractivity contribution is 5.48. The smallest absolute Gasteiger partial charge is 0.136 e. The van der Waals surface area contributed by atoms with Crippen molar-refractivity contribution < 1.29 is 0 Å². The van der Waals surface area contributed by atoms with Gasteiger partial charge < -0.3 is 0 Å². The topological polar surface area (TPSA) is 47.6 Å². The second-order valence-corrected chi connectivity index (χ2v) is 2.86. The molecule has 14 heavy (non-hydrogen) atoms. The number of nitrogens with zero attached hydrogens (tertiary/aromatic N) is 2. The van der Waals surface area contributed by atoms with Gasteiger partial charge in [0.25, 0.3) is 0 Å². The molecule has 0 unspecified atom stereocenters. The van der Waals surface area contributed by atoms with E-state index in [1.807, 2.05) is 54.6 Å². The minimum Gasteiger partial charge on any atom is -0.197 e. The predicted molar refractivity (Wildman–Crippen MR) is 54.8 cm³/mol. The molecule has 0 aliphatic carbocycles. The van der Waals surface area contributed by atoms with E-state index in [9.17, 15) is 0 Å². The molecule has 0 spiro atoms. The fourth-order valence-corrected chi connectivity index (χ4v) is 1.04. The molecule has 1 aromatic carbocycles. The van der Waals surface area contributed by atoms with Crippen molar-refractivity contribution in [2.24, 2.45) is 5.92 Å². The van der Waals surface area contributed by atoms with Crippen molar-refractivity contribution in [1.29, 1.82) is 10.5 Å². The highest BCUT2D eigenvalue weighted by Gasteiger charge is 2.00. The van der Waals surface area contributed by atoms with Gasteiger partial charge in [-0.25, -0.2) is 0 Å². The Balaban J connectivity index is 2.51. The van der Waals surface area contributed by atoms with Gasteiger partial charge in [-0.05, 0) is 12.0 Å². The molecule has 0 bridgehead atoms. The minimum absolute atomic E-state index is 0.488. The molecule has 0 fully saturated rings. The number of rotatable bonds is 3. The van der Waals surface area contributed by atoms with Crippen LogP contribution in [0.15, 0.2) is 36.4 Å². The second kappa shape index (κ2) is 5.56. The first kappa shape index (κ1) is 10.0. The van der Waals surface area contributed by atoms with Gasteiger partial charge in [-0.3, -0.25) is 0 Å². The van der Waals surface area contributed by atoms with E-state index in [1.54, 1.807) is 0 Å². The van der Waals surface area contributed by atoms with Gasteiger partial charge in [-0.1, -0.05) is 42.5 Å². The van der Waals surface area contributed by atoms with Gasteiger partial charge in [0.05, 0.1) is 12.1 Å². The number of benzene rings is 1. The van der Waals surface area contributed by atoms with Gasteiger partial charge in [0.1, 0.15) is 5.92 Å². The van der Waals surface area contributed by atoms with Crippen molar-refractivity contribution in [3.63, 3.8) is 0 Å². The fraction of sp³-hybridized carbons (Fsp3) is 0.167. The van der Waals surface area contributed by atoms with Gasteiger partial charge in [-0.2, -0.15) is 10.5 Å². The molecule has 0 aliphatic rings. The normalized spacial score (nSPS) is 9.93. The van der Waals surface area contributed by atoms with Crippen molar-refractivity contribution in [2.75, 3.05) is 0 Å². The van der Waals surface area contributed by atoms with E-state index >= 15 is 0 Å². The largest absolute Gasteiger partial charge is 0.197 e.